The molecule has 5 rings (SSSR count). The number of benzene rings is 1. The Morgan fingerprint density at radius 2 is 2.12 bits per heavy atom. The third-order valence-corrected chi connectivity index (χ3v) is 6.31. The highest BCUT2D eigenvalue weighted by molar-refractivity contribution is 6.45. The van der Waals surface area contributed by atoms with E-state index in [0.29, 0.717) is 24.4 Å². The molecular formula is C22H25BFN5O4. The molecule has 1 saturated carbocycles. The molecule has 1 aliphatic carbocycles. The van der Waals surface area contributed by atoms with Crippen LogP contribution in [0.1, 0.15) is 6.42 Å². The van der Waals surface area contributed by atoms with Crippen LogP contribution in [0.15, 0.2) is 49.1 Å². The van der Waals surface area contributed by atoms with E-state index in [0.717, 1.165) is 11.3 Å². The Morgan fingerprint density at radius 1 is 1.24 bits per heavy atom. The Hall–Kier alpha value is -3.02. The third kappa shape index (κ3) is 4.19. The van der Waals surface area contributed by atoms with Gasteiger partial charge in [0.05, 0.1) is 17.7 Å². The van der Waals surface area contributed by atoms with Crippen molar-refractivity contribution in [1.29, 1.82) is 0 Å². The fraction of sp³-hybridized carbons (Fsp3) is 0.409. The quantitative estimate of drug-likeness (QED) is 0.410. The third-order valence-electron chi connectivity index (χ3n) is 6.31. The van der Waals surface area contributed by atoms with Crippen molar-refractivity contribution in [1.82, 2.24) is 24.6 Å². The van der Waals surface area contributed by atoms with Crippen molar-refractivity contribution in [2.45, 2.75) is 31.6 Å². The summed E-state index contributed by atoms with van der Waals surface area (Å²) in [5.41, 5.74) is 2.22. The summed E-state index contributed by atoms with van der Waals surface area (Å²) in [5.74, 6) is 0.879. The number of rotatable bonds is 8. The lowest BCUT2D eigenvalue weighted by molar-refractivity contribution is 0.0334. The molecule has 2 aliphatic rings. The highest BCUT2D eigenvalue weighted by Gasteiger charge is 2.55. The first-order valence-electron chi connectivity index (χ1n) is 10.9. The number of halogens is 1. The monoisotopic (exact) mass is 453 g/mol. The Kier molecular flexibility index (Phi) is 6.00. The first-order valence-corrected chi connectivity index (χ1v) is 10.9. The molecule has 3 aromatic rings. The summed E-state index contributed by atoms with van der Waals surface area (Å²) in [7, 11) is 0.896. The fourth-order valence-corrected chi connectivity index (χ4v) is 4.75. The minimum Gasteiger partial charge on any atom is -0.470 e. The van der Waals surface area contributed by atoms with Gasteiger partial charge in [0, 0.05) is 49.2 Å². The summed E-state index contributed by atoms with van der Waals surface area (Å²) in [4.78, 5) is 5.86. The zero-order valence-corrected chi connectivity index (χ0v) is 18.4. The fourth-order valence-electron chi connectivity index (χ4n) is 4.75. The van der Waals surface area contributed by atoms with Crippen LogP contribution in [0.4, 0.5) is 4.39 Å². The highest BCUT2D eigenvalue weighted by Crippen LogP contribution is 2.42. The van der Waals surface area contributed by atoms with E-state index in [2.05, 4.69) is 15.2 Å². The van der Waals surface area contributed by atoms with Crippen molar-refractivity contribution in [3.63, 3.8) is 0 Å². The average Bonchev–Trinajstić information content (AvgIpc) is 3.57. The number of ether oxygens (including phenoxy) is 3. The van der Waals surface area contributed by atoms with Crippen LogP contribution in [0.25, 0.3) is 16.9 Å². The minimum absolute atomic E-state index is 0.0193. The number of piperidine rings is 1. The van der Waals surface area contributed by atoms with Gasteiger partial charge in [0.1, 0.15) is 11.9 Å². The number of hydrogen-bond donors (Lipinski definition) is 1. The summed E-state index contributed by atoms with van der Waals surface area (Å²) >= 11 is 0. The molecule has 4 atom stereocenters. The smallest absolute Gasteiger partial charge is 0.376 e. The van der Waals surface area contributed by atoms with E-state index in [-0.39, 0.29) is 24.6 Å². The van der Waals surface area contributed by atoms with E-state index in [4.69, 9.17) is 14.2 Å². The predicted molar refractivity (Wildman–Crippen MR) is 119 cm³/mol. The first kappa shape index (κ1) is 21.8. The first-order chi connectivity index (χ1) is 16.0. The SMILES string of the molecule is COCOc1cc(-n2ccnc2)ccc1-c1ccc(O[C@@H]2C3C[C@H]([C@H]2F)N(B(C)O)C3)nn1. The molecule has 2 fully saturated rings. The zero-order valence-electron chi connectivity index (χ0n) is 18.4. The van der Waals surface area contributed by atoms with Gasteiger partial charge in [-0.3, -0.25) is 0 Å². The van der Waals surface area contributed by atoms with Crippen LogP contribution < -0.4 is 9.47 Å². The number of aromatic nitrogens is 4. The van der Waals surface area contributed by atoms with Gasteiger partial charge in [0.25, 0.3) is 0 Å². The largest absolute Gasteiger partial charge is 0.470 e. The second-order valence-electron chi connectivity index (χ2n) is 8.38. The van der Waals surface area contributed by atoms with Crippen LogP contribution in [-0.4, -0.2) is 75.4 Å². The molecule has 0 radical (unpaired) electrons. The van der Waals surface area contributed by atoms with Crippen molar-refractivity contribution in [2.24, 2.45) is 5.92 Å². The van der Waals surface area contributed by atoms with E-state index in [1.165, 1.54) is 0 Å². The Morgan fingerprint density at radius 3 is 2.79 bits per heavy atom. The molecule has 1 unspecified atom stereocenters. The lowest BCUT2D eigenvalue weighted by Crippen LogP contribution is -2.53. The van der Waals surface area contributed by atoms with Gasteiger partial charge in [-0.15, -0.1) is 10.2 Å². The summed E-state index contributed by atoms with van der Waals surface area (Å²) in [6.07, 6.45) is 4.16. The van der Waals surface area contributed by atoms with Crippen LogP contribution in [0, 0.1) is 5.92 Å². The standard InChI is InChI=1S/C22H25BFN5O4/c1-23(30)29-11-14-9-18(29)21(24)22(14)33-20-6-5-17(26-27-20)16-4-3-15(28-8-7-25-12-28)10-19(16)32-13-31-2/h3-8,10,12,14,18,21-22,30H,9,11,13H2,1-2H3/t14?,18-,21-,22-/m1/s1. The van der Waals surface area contributed by atoms with Gasteiger partial charge in [-0.1, -0.05) is 0 Å². The van der Waals surface area contributed by atoms with E-state index >= 15 is 0 Å². The molecule has 2 aromatic heterocycles. The summed E-state index contributed by atoms with van der Waals surface area (Å²) in [5, 5.41) is 18.3. The van der Waals surface area contributed by atoms with Crippen molar-refractivity contribution in [2.75, 3.05) is 20.4 Å². The molecule has 11 heteroatoms. The van der Waals surface area contributed by atoms with E-state index in [1.807, 2.05) is 29.0 Å². The molecule has 3 heterocycles. The second kappa shape index (κ2) is 9.09. The molecule has 1 saturated heterocycles. The number of methoxy groups -OCH3 is 1. The Balaban J connectivity index is 1.33. The Bertz CT molecular complexity index is 1080. The van der Waals surface area contributed by atoms with Crippen LogP contribution in [-0.2, 0) is 4.74 Å². The summed E-state index contributed by atoms with van der Waals surface area (Å²) < 4.78 is 33.5. The predicted octanol–water partition coefficient (Wildman–Crippen LogP) is 2.21. The van der Waals surface area contributed by atoms with E-state index in [1.54, 1.807) is 43.4 Å². The number of fused-ring (bicyclic) bond motifs is 2. The molecule has 33 heavy (non-hydrogen) atoms. The molecular weight excluding hydrogens is 428 g/mol. The molecule has 1 aromatic carbocycles. The molecule has 1 aliphatic heterocycles. The van der Waals surface area contributed by atoms with Gasteiger partial charge in [-0.05, 0) is 38.0 Å². The second-order valence-corrected chi connectivity index (χ2v) is 8.38. The van der Waals surface area contributed by atoms with Gasteiger partial charge >= 0.3 is 7.05 Å². The number of hydrogen-bond acceptors (Lipinski definition) is 8. The average molecular weight is 453 g/mol. The van der Waals surface area contributed by atoms with Crippen LogP contribution in [0.3, 0.4) is 0 Å². The van der Waals surface area contributed by atoms with Crippen molar-refractivity contribution < 1.29 is 23.6 Å². The number of alkyl halides is 1. The molecule has 0 amide bonds. The minimum atomic E-state index is -1.18. The zero-order chi connectivity index (χ0) is 22.9. The molecule has 2 bridgehead atoms. The maximum atomic E-state index is 14.9. The molecule has 172 valence electrons. The van der Waals surface area contributed by atoms with E-state index < -0.39 is 19.3 Å². The van der Waals surface area contributed by atoms with E-state index in [9.17, 15) is 9.41 Å². The lowest BCUT2D eigenvalue weighted by atomic mass is 9.82. The van der Waals surface area contributed by atoms with Gasteiger partial charge < -0.3 is 28.6 Å². The molecule has 9 nitrogen and oxygen atoms in total. The van der Waals surface area contributed by atoms with Gasteiger partial charge in [0.15, 0.2) is 13.0 Å². The van der Waals surface area contributed by atoms with Crippen molar-refractivity contribution in [3.05, 3.63) is 49.1 Å². The number of imidazole rings is 1. The van der Waals surface area contributed by atoms with Gasteiger partial charge in [0.2, 0.25) is 5.88 Å². The molecule has 1 N–H and O–H groups in total. The summed E-state index contributed by atoms with van der Waals surface area (Å²) in [6.45, 7) is 2.36. The van der Waals surface area contributed by atoms with Crippen LogP contribution in [0.5, 0.6) is 11.6 Å². The van der Waals surface area contributed by atoms with Crippen LogP contribution in [0.2, 0.25) is 6.82 Å². The lowest BCUT2D eigenvalue weighted by Gasteiger charge is -2.34. The normalized spacial score (nSPS) is 24.2. The van der Waals surface area contributed by atoms with Gasteiger partial charge in [-0.25, -0.2) is 9.37 Å². The highest BCUT2D eigenvalue weighted by atomic mass is 19.1. The molecule has 0 spiro atoms. The van der Waals surface area contributed by atoms with Crippen molar-refractivity contribution >= 4 is 7.05 Å². The summed E-state index contributed by atoms with van der Waals surface area (Å²) in [6, 6.07) is 8.84. The maximum Gasteiger partial charge on any atom is 0.376 e. The topological polar surface area (TPSA) is 94.8 Å². The maximum absolute atomic E-state index is 14.9. The number of nitrogens with zero attached hydrogens (tertiary/aromatic N) is 5. The van der Waals surface area contributed by atoms with Crippen LogP contribution >= 0.6 is 0 Å². The van der Waals surface area contributed by atoms with Gasteiger partial charge in [-0.2, -0.15) is 0 Å². The van der Waals surface area contributed by atoms with Crippen molar-refractivity contribution in [3.8, 4) is 28.6 Å². The Labute approximate surface area is 191 Å².